The van der Waals surface area contributed by atoms with E-state index < -0.39 is 297 Å². The van der Waals surface area contributed by atoms with Gasteiger partial charge in [0.1, 0.15) is 177 Å². The maximum absolute atomic E-state index is 12.9. The van der Waals surface area contributed by atoms with E-state index in [0.29, 0.717) is 0 Å². The largest absolute Gasteiger partial charge is 0.480 e. The fourth-order valence-electron chi connectivity index (χ4n) is 11.4. The molecule has 36 atom stereocenters. The first-order chi connectivity index (χ1) is 43.4. The van der Waals surface area contributed by atoms with Crippen LogP contribution in [0.5, 0.6) is 0 Å². The normalized spacial score (nSPS) is 47.3. The van der Waals surface area contributed by atoms with Gasteiger partial charge in [-0.2, -0.15) is 0 Å². The fourth-order valence-corrected chi connectivity index (χ4v) is 11.4. The van der Waals surface area contributed by atoms with Crippen molar-refractivity contribution in [2.24, 2.45) is 5.73 Å². The van der Waals surface area contributed by atoms with Crippen LogP contribution in [0.25, 0.3) is 0 Å². The van der Waals surface area contributed by atoms with Crippen molar-refractivity contribution in [3.63, 3.8) is 0 Å². The summed E-state index contributed by atoms with van der Waals surface area (Å²) in [5.41, 5.74) is 5.22. The number of carbonyl (C=O) groups is 4. The van der Waals surface area contributed by atoms with Gasteiger partial charge < -0.3 is 185 Å². The molecule has 42 nitrogen and oxygen atoms in total. The van der Waals surface area contributed by atoms with E-state index in [4.69, 9.17) is 67.3 Å². The molecule has 26 N–H and O–H groups in total. The highest BCUT2D eigenvalue weighted by Crippen LogP contribution is 2.38. The van der Waals surface area contributed by atoms with Crippen molar-refractivity contribution in [1.82, 2.24) is 16.0 Å². The summed E-state index contributed by atoms with van der Waals surface area (Å²) in [7, 11) is 0. The Balaban J connectivity index is 1.22. The van der Waals surface area contributed by atoms with Gasteiger partial charge >= 0.3 is 5.97 Å². The number of nitrogens with one attached hydrogen (secondary N) is 3. The first-order valence-electron chi connectivity index (χ1n) is 28.9. The lowest BCUT2D eigenvalue weighted by Gasteiger charge is -2.51. The van der Waals surface area contributed by atoms with Gasteiger partial charge in [0.25, 0.3) is 0 Å². The molecule has 92 heavy (non-hydrogen) atoms. The minimum atomic E-state index is -2.48. The van der Waals surface area contributed by atoms with Gasteiger partial charge in [-0.25, -0.2) is 0 Å². The third kappa shape index (κ3) is 16.9. The molecule has 7 rings (SSSR count). The fraction of sp³-hybridized carbons (Fsp3) is 0.920. The number of primary amides is 1. The molecular formula is C50H84N4O38. The Labute approximate surface area is 519 Å². The predicted molar refractivity (Wildman–Crippen MR) is 281 cm³/mol. The Kier molecular flexibility index (Phi) is 27.4. The zero-order valence-electron chi connectivity index (χ0n) is 48.9. The van der Waals surface area contributed by atoms with Crippen molar-refractivity contribution in [2.75, 3.05) is 46.2 Å². The molecule has 0 unspecified atom stereocenters. The Bertz CT molecular complexity index is 2360. The van der Waals surface area contributed by atoms with Crippen LogP contribution in [0.15, 0.2) is 0 Å². The Morgan fingerprint density at radius 3 is 1.20 bits per heavy atom. The second kappa shape index (κ2) is 33.2. The number of carboxylic acids is 1. The molecule has 0 bridgehead atoms. The van der Waals surface area contributed by atoms with Crippen molar-refractivity contribution in [2.45, 2.75) is 241 Å². The van der Waals surface area contributed by atoms with Crippen molar-refractivity contribution >= 4 is 23.7 Å². The van der Waals surface area contributed by atoms with Crippen molar-refractivity contribution in [3.8, 4) is 0 Å². The summed E-state index contributed by atoms with van der Waals surface area (Å²) in [6.45, 7) is -5.48. The molecule has 42 heteroatoms. The predicted octanol–water partition coefficient (Wildman–Crippen LogP) is -17.1. The topological polar surface area (TPSA) is 675 Å². The molecule has 0 aliphatic carbocycles. The number of aliphatic hydroxyl groups is 20. The summed E-state index contributed by atoms with van der Waals surface area (Å²) in [6, 6.07) is -5.39. The van der Waals surface area contributed by atoms with E-state index in [1.807, 2.05) is 0 Å². The van der Waals surface area contributed by atoms with Crippen LogP contribution < -0.4 is 21.7 Å². The van der Waals surface area contributed by atoms with E-state index in [1.54, 1.807) is 0 Å². The van der Waals surface area contributed by atoms with Crippen LogP contribution in [0.4, 0.5) is 0 Å². The van der Waals surface area contributed by atoms with Crippen LogP contribution in [0, 0.1) is 0 Å². The third-order valence-electron chi connectivity index (χ3n) is 16.4. The highest BCUT2D eigenvalue weighted by molar-refractivity contribution is 5.83. The van der Waals surface area contributed by atoms with E-state index >= 15 is 0 Å². The van der Waals surface area contributed by atoms with Gasteiger partial charge in [-0.05, 0) is 0 Å². The maximum atomic E-state index is 12.9. The van der Waals surface area contributed by atoms with Crippen LogP contribution in [0.3, 0.4) is 0 Å². The van der Waals surface area contributed by atoms with Gasteiger partial charge in [0.05, 0.1) is 58.7 Å². The lowest BCUT2D eigenvalue weighted by atomic mass is 9.93. The van der Waals surface area contributed by atoms with E-state index in [1.165, 1.54) is 0 Å². The molecule has 0 aromatic heterocycles. The number of nitrogens with two attached hydrogens (primary N) is 1. The van der Waals surface area contributed by atoms with Crippen LogP contribution >= 0.6 is 0 Å². The van der Waals surface area contributed by atoms with E-state index in [2.05, 4.69) is 16.0 Å². The molecule has 0 radical (unpaired) electrons. The summed E-state index contributed by atoms with van der Waals surface area (Å²) >= 11 is 0. The number of carboxylic acid groups (broad SMARTS) is 1. The second-order valence-corrected chi connectivity index (χ2v) is 22.8. The molecule has 7 saturated heterocycles. The van der Waals surface area contributed by atoms with Crippen LogP contribution in [0.1, 0.15) is 20.3 Å². The Morgan fingerprint density at radius 1 is 0.380 bits per heavy atom. The van der Waals surface area contributed by atoms with Gasteiger partial charge in [0.2, 0.25) is 17.7 Å². The Morgan fingerprint density at radius 2 is 0.739 bits per heavy atom. The van der Waals surface area contributed by atoms with Gasteiger partial charge in [0, 0.05) is 13.8 Å². The summed E-state index contributed by atoms with van der Waals surface area (Å²) in [5, 5.41) is 235. The molecule has 3 amide bonds. The molecule has 532 valence electrons. The number of ether oxygens (including phenoxy) is 13. The number of rotatable bonds is 26. The van der Waals surface area contributed by atoms with Crippen molar-refractivity contribution in [1.29, 1.82) is 0 Å². The third-order valence-corrected chi connectivity index (χ3v) is 16.4. The van der Waals surface area contributed by atoms with Crippen molar-refractivity contribution < 1.29 is 188 Å². The van der Waals surface area contributed by atoms with Crippen LogP contribution in [-0.2, 0) is 80.8 Å². The highest BCUT2D eigenvalue weighted by Gasteiger charge is 2.59. The monoisotopic (exact) mass is 1350 g/mol. The van der Waals surface area contributed by atoms with Gasteiger partial charge in [0.15, 0.2) is 37.7 Å². The van der Waals surface area contributed by atoms with E-state index in [0.717, 1.165) is 13.8 Å². The first kappa shape index (κ1) is 75.9. The standard InChI is InChI=1S/C50H84N4O38/c1-11(61)52-22-29(69)38(18(8-59)81-43(22)54-13(44(78)79)3-21(51)63)88-45-23(53-12(2)62)30(70)39(19(9-60)86-45)89-48-37(77)40(90-50-42(34(74)27(67)17(7-58)85-50)92-47-36(76)32(72)25(65)15(5-56)83-47)28(68)20(87-48)10-80-49-41(33(73)26(66)16(6-57)84-49)91-46-35(75)31(71)24(64)14(4-55)82-46/h13-20,22-43,45-50,54-60,64-77H,3-10H2,1-2H3,(H2,51,63)(H,52,61)(H,53,62)(H,78,79)/t13-,14+,15+,16+,17+,18+,19+,20+,22+,23+,24+,25+,26+,27+,28+,29+,30+,31-,32-,33-,34-,35-,36-,37-,38+,39+,40-,41-,42-,43+,45-,46+,47+,48-,49-,50+/m0/s1. The lowest BCUT2D eigenvalue weighted by Crippen LogP contribution is -2.72. The molecule has 7 aliphatic rings. The number of aliphatic hydroxyl groups excluding tert-OH is 20. The average molecular weight is 1350 g/mol. The zero-order chi connectivity index (χ0) is 68.1. The Hall–Kier alpha value is -3.48. The SMILES string of the molecule is CC(=O)N[C@@H]1[C@@H](O)[C@H](O[C@@H]2O[C@H](CO)[C@@H](O[C@@H]3O[C@H](CO[C@H]4O[C@H](CO)[C@@H](O)[C@H](O)[C@@H]4O[C@H]4O[C@H](CO)[C@@H](O)[C@H](O)[C@@H]4O)[C@@H](O)[C@H](O[C@H]4O[C@H](CO)[C@@H](O)[C@H](O)[C@@H]4O[C@H]4O[C@H](CO)[C@@H](O)[C@H](O)[C@@H]4O)[C@@H]3O)[C@H](O)[C@H]2NC(C)=O)[C@@H](CO)O[C@H]1N[C@@H](CC(N)=O)C(=O)O. The molecule has 7 heterocycles. The summed E-state index contributed by atoms with van der Waals surface area (Å²) < 4.78 is 75.8. The summed E-state index contributed by atoms with van der Waals surface area (Å²) in [6.07, 6.45) is -68.4. The molecule has 0 spiro atoms. The maximum Gasteiger partial charge on any atom is 0.321 e. The minimum absolute atomic E-state index is 0.824. The van der Waals surface area contributed by atoms with Crippen LogP contribution in [-0.4, -0.2) is 398 Å². The first-order valence-corrected chi connectivity index (χ1v) is 28.9. The number of hydrogen-bond acceptors (Lipinski definition) is 38. The number of aliphatic carboxylic acids is 1. The second-order valence-electron chi connectivity index (χ2n) is 22.8. The lowest BCUT2D eigenvalue weighted by molar-refractivity contribution is -0.399. The van der Waals surface area contributed by atoms with Gasteiger partial charge in [-0.15, -0.1) is 0 Å². The molecule has 0 saturated carbocycles. The quantitative estimate of drug-likeness (QED) is 0.0382. The van der Waals surface area contributed by atoms with E-state index in [-0.39, 0.29) is 0 Å². The van der Waals surface area contributed by atoms with Gasteiger partial charge in [-0.1, -0.05) is 0 Å². The highest BCUT2D eigenvalue weighted by atomic mass is 16.8. The number of hydrogen-bond donors (Lipinski definition) is 25. The molecular weight excluding hydrogens is 1260 g/mol. The van der Waals surface area contributed by atoms with Crippen molar-refractivity contribution in [3.05, 3.63) is 0 Å². The molecule has 7 aliphatic heterocycles. The average Bonchev–Trinajstić information content (AvgIpc) is 0.782. The van der Waals surface area contributed by atoms with E-state index in [9.17, 15) is 126 Å². The van der Waals surface area contributed by atoms with Crippen LogP contribution in [0.2, 0.25) is 0 Å². The number of amides is 3. The molecule has 0 aromatic carbocycles. The minimum Gasteiger partial charge on any atom is -0.480 e. The zero-order valence-corrected chi connectivity index (χ0v) is 48.9. The summed E-state index contributed by atoms with van der Waals surface area (Å²) in [4.78, 5) is 49.2. The van der Waals surface area contributed by atoms with Gasteiger partial charge in [-0.3, -0.25) is 24.5 Å². The molecule has 0 aromatic rings. The smallest absolute Gasteiger partial charge is 0.321 e. The number of carbonyl (C=O) groups excluding carboxylic acids is 3. The molecule has 7 fully saturated rings. The summed E-state index contributed by atoms with van der Waals surface area (Å²) in [5.74, 6) is -4.49.